The number of ether oxygens (including phenoxy) is 2. The minimum atomic E-state index is -0.192. The number of benzene rings is 1. The van der Waals surface area contributed by atoms with Crippen molar-refractivity contribution in [2.24, 2.45) is 7.05 Å². The fourth-order valence-corrected chi connectivity index (χ4v) is 1.88. The summed E-state index contributed by atoms with van der Waals surface area (Å²) in [5.74, 6) is 0.658. The van der Waals surface area contributed by atoms with Crippen LogP contribution in [0.1, 0.15) is 0 Å². The summed E-state index contributed by atoms with van der Waals surface area (Å²) >= 11 is 0. The van der Waals surface area contributed by atoms with Crippen molar-refractivity contribution in [3.63, 3.8) is 0 Å². The van der Waals surface area contributed by atoms with Crippen molar-refractivity contribution in [3.05, 3.63) is 36.7 Å². The number of anilines is 1. The average Bonchev–Trinajstić information content (AvgIpc) is 2.90. The van der Waals surface area contributed by atoms with E-state index in [1.807, 2.05) is 42.1 Å². The van der Waals surface area contributed by atoms with Crippen molar-refractivity contribution in [1.82, 2.24) is 9.55 Å². The Morgan fingerprint density at radius 3 is 2.95 bits per heavy atom. The van der Waals surface area contributed by atoms with E-state index in [1.54, 1.807) is 13.3 Å². The molecule has 2 aromatic rings. The topological polar surface area (TPSA) is 65.4 Å². The minimum Gasteiger partial charge on any atom is -0.382 e. The van der Waals surface area contributed by atoms with Gasteiger partial charge in [-0.05, 0) is 12.1 Å². The molecule has 0 spiro atoms. The van der Waals surface area contributed by atoms with Crippen molar-refractivity contribution < 1.29 is 14.3 Å². The lowest BCUT2D eigenvalue weighted by Crippen LogP contribution is -2.19. The molecule has 6 heteroatoms. The van der Waals surface area contributed by atoms with E-state index >= 15 is 0 Å². The normalized spacial score (nSPS) is 10.6. The Balaban J connectivity index is 1.95. The quantitative estimate of drug-likeness (QED) is 0.788. The molecule has 0 aliphatic rings. The first-order valence-electron chi connectivity index (χ1n) is 6.65. The highest BCUT2D eigenvalue weighted by Gasteiger charge is 2.06. The van der Waals surface area contributed by atoms with Gasteiger partial charge < -0.3 is 19.4 Å². The van der Waals surface area contributed by atoms with Crippen LogP contribution in [0.15, 0.2) is 36.7 Å². The Morgan fingerprint density at radius 1 is 1.38 bits per heavy atom. The fourth-order valence-electron chi connectivity index (χ4n) is 1.88. The van der Waals surface area contributed by atoms with E-state index < -0.39 is 0 Å². The zero-order chi connectivity index (χ0) is 15.1. The summed E-state index contributed by atoms with van der Waals surface area (Å²) in [5.41, 5.74) is 1.66. The Morgan fingerprint density at radius 2 is 2.24 bits per heavy atom. The van der Waals surface area contributed by atoms with E-state index in [0.717, 1.165) is 17.1 Å². The summed E-state index contributed by atoms with van der Waals surface area (Å²) in [6.07, 6.45) is 3.62. The van der Waals surface area contributed by atoms with Crippen LogP contribution in [-0.4, -0.2) is 42.4 Å². The van der Waals surface area contributed by atoms with Gasteiger partial charge in [-0.15, -0.1) is 0 Å². The molecule has 0 saturated carbocycles. The van der Waals surface area contributed by atoms with E-state index in [-0.39, 0.29) is 12.5 Å². The number of methoxy groups -OCH3 is 1. The van der Waals surface area contributed by atoms with Crippen LogP contribution in [0.5, 0.6) is 0 Å². The summed E-state index contributed by atoms with van der Waals surface area (Å²) in [6.45, 7) is 0.884. The smallest absolute Gasteiger partial charge is 0.250 e. The number of nitrogens with one attached hydrogen (secondary N) is 1. The van der Waals surface area contributed by atoms with Crippen LogP contribution >= 0.6 is 0 Å². The van der Waals surface area contributed by atoms with Crippen LogP contribution in [0.25, 0.3) is 11.4 Å². The van der Waals surface area contributed by atoms with Gasteiger partial charge in [-0.1, -0.05) is 12.1 Å². The number of hydrogen-bond acceptors (Lipinski definition) is 4. The molecule has 21 heavy (non-hydrogen) atoms. The fraction of sp³-hybridized carbons (Fsp3) is 0.333. The molecule has 1 heterocycles. The van der Waals surface area contributed by atoms with Crippen LogP contribution in [0.4, 0.5) is 5.69 Å². The first-order chi connectivity index (χ1) is 10.2. The van der Waals surface area contributed by atoms with Crippen LogP contribution in [-0.2, 0) is 21.3 Å². The molecule has 6 nitrogen and oxygen atoms in total. The molecule has 0 atom stereocenters. The first-order valence-corrected chi connectivity index (χ1v) is 6.65. The molecule has 0 fully saturated rings. The number of amides is 1. The third-order valence-electron chi connectivity index (χ3n) is 2.89. The van der Waals surface area contributed by atoms with Crippen LogP contribution in [0, 0.1) is 0 Å². The van der Waals surface area contributed by atoms with E-state index in [0.29, 0.717) is 13.2 Å². The number of hydrogen-bond donors (Lipinski definition) is 1. The van der Waals surface area contributed by atoms with Gasteiger partial charge in [0, 0.05) is 37.8 Å². The number of nitrogens with zero attached hydrogens (tertiary/aromatic N) is 2. The zero-order valence-corrected chi connectivity index (χ0v) is 12.2. The van der Waals surface area contributed by atoms with Crippen molar-refractivity contribution in [1.29, 1.82) is 0 Å². The largest absolute Gasteiger partial charge is 0.382 e. The molecule has 112 valence electrons. The molecule has 1 amide bonds. The molecule has 0 bridgehead atoms. The predicted octanol–water partition coefficient (Wildman–Crippen LogP) is 1.69. The number of carbonyl (C=O) groups excluding carboxylic acids is 1. The molecular formula is C15H19N3O3. The van der Waals surface area contributed by atoms with E-state index in [9.17, 15) is 4.79 Å². The summed E-state index contributed by atoms with van der Waals surface area (Å²) in [6, 6.07) is 7.55. The van der Waals surface area contributed by atoms with Gasteiger partial charge in [-0.2, -0.15) is 0 Å². The zero-order valence-electron chi connectivity index (χ0n) is 12.2. The third-order valence-corrected chi connectivity index (χ3v) is 2.89. The van der Waals surface area contributed by atoms with Crippen molar-refractivity contribution >= 4 is 11.6 Å². The Bertz CT molecular complexity index is 595. The van der Waals surface area contributed by atoms with Crippen LogP contribution < -0.4 is 5.32 Å². The van der Waals surface area contributed by atoms with Gasteiger partial charge in [-0.3, -0.25) is 4.79 Å². The van der Waals surface area contributed by atoms with Gasteiger partial charge in [0.25, 0.3) is 0 Å². The lowest BCUT2D eigenvalue weighted by molar-refractivity contribution is -0.121. The summed E-state index contributed by atoms with van der Waals surface area (Å²) in [4.78, 5) is 16.0. The maximum absolute atomic E-state index is 11.7. The molecule has 2 rings (SSSR count). The minimum absolute atomic E-state index is 0.00991. The highest BCUT2D eigenvalue weighted by atomic mass is 16.5. The lowest BCUT2D eigenvalue weighted by Gasteiger charge is -2.08. The Labute approximate surface area is 123 Å². The van der Waals surface area contributed by atoms with Gasteiger partial charge in [0.15, 0.2) is 0 Å². The maximum atomic E-state index is 11.7. The molecule has 0 aliphatic carbocycles. The third kappa shape index (κ3) is 4.40. The second kappa shape index (κ2) is 7.56. The molecule has 0 aliphatic heterocycles. The van der Waals surface area contributed by atoms with E-state index in [4.69, 9.17) is 9.47 Å². The van der Waals surface area contributed by atoms with Crippen molar-refractivity contribution in [2.75, 3.05) is 32.2 Å². The molecule has 0 saturated heterocycles. The molecule has 0 unspecified atom stereocenters. The SMILES string of the molecule is COCCOCC(=O)Nc1cccc(-c2nccn2C)c1. The van der Waals surface area contributed by atoms with Crippen molar-refractivity contribution in [2.45, 2.75) is 0 Å². The number of rotatable bonds is 7. The van der Waals surface area contributed by atoms with Gasteiger partial charge in [0.05, 0.1) is 13.2 Å². The number of carbonyl (C=O) groups is 1. The second-order valence-electron chi connectivity index (χ2n) is 4.54. The molecule has 1 aromatic heterocycles. The predicted molar refractivity (Wildman–Crippen MR) is 80.0 cm³/mol. The monoisotopic (exact) mass is 289 g/mol. The molecule has 1 aromatic carbocycles. The van der Waals surface area contributed by atoms with Gasteiger partial charge in [0.2, 0.25) is 5.91 Å². The summed E-state index contributed by atoms with van der Waals surface area (Å²) < 4.78 is 11.9. The Kier molecular flexibility index (Phi) is 5.48. The standard InChI is InChI=1S/C15H19N3O3/c1-18-7-6-16-15(18)12-4-3-5-13(10-12)17-14(19)11-21-9-8-20-2/h3-7,10H,8-9,11H2,1-2H3,(H,17,19). The number of aromatic nitrogens is 2. The second-order valence-corrected chi connectivity index (χ2v) is 4.54. The van der Waals surface area contributed by atoms with E-state index in [1.165, 1.54) is 0 Å². The van der Waals surface area contributed by atoms with Gasteiger partial charge in [0.1, 0.15) is 12.4 Å². The maximum Gasteiger partial charge on any atom is 0.250 e. The first kappa shape index (κ1) is 15.2. The summed E-state index contributed by atoms with van der Waals surface area (Å²) in [7, 11) is 3.52. The molecule has 0 radical (unpaired) electrons. The van der Waals surface area contributed by atoms with Gasteiger partial charge >= 0.3 is 0 Å². The Hall–Kier alpha value is -2.18. The summed E-state index contributed by atoms with van der Waals surface area (Å²) in [5, 5.41) is 2.80. The van der Waals surface area contributed by atoms with Crippen LogP contribution in [0.2, 0.25) is 0 Å². The number of aryl methyl sites for hydroxylation is 1. The number of imidazole rings is 1. The van der Waals surface area contributed by atoms with Crippen molar-refractivity contribution in [3.8, 4) is 11.4 Å². The highest BCUT2D eigenvalue weighted by Crippen LogP contribution is 2.20. The molecular weight excluding hydrogens is 270 g/mol. The molecule has 1 N–H and O–H groups in total. The van der Waals surface area contributed by atoms with E-state index in [2.05, 4.69) is 10.3 Å². The lowest BCUT2D eigenvalue weighted by atomic mass is 10.2. The van der Waals surface area contributed by atoms with Gasteiger partial charge in [-0.25, -0.2) is 4.98 Å². The van der Waals surface area contributed by atoms with Crippen LogP contribution in [0.3, 0.4) is 0 Å². The average molecular weight is 289 g/mol. The highest BCUT2D eigenvalue weighted by molar-refractivity contribution is 5.92.